The maximum Gasteiger partial charge on any atom is 0.407 e. The fraction of sp³-hybridized carbons (Fsp3) is 0.944. The van der Waals surface area contributed by atoms with Crippen LogP contribution >= 0.6 is 0 Å². The lowest BCUT2D eigenvalue weighted by Crippen LogP contribution is -2.70. The average Bonchev–Trinajstić information content (AvgIpc) is 2.89. The van der Waals surface area contributed by atoms with Crippen molar-refractivity contribution in [2.45, 2.75) is 83.1 Å². The third kappa shape index (κ3) is 4.18. The number of rotatable bonds is 4. The van der Waals surface area contributed by atoms with Crippen LogP contribution in [0.4, 0.5) is 4.79 Å². The molecule has 0 aromatic heterocycles. The summed E-state index contributed by atoms with van der Waals surface area (Å²) < 4.78 is 11.3. The second kappa shape index (κ2) is 6.98. The van der Waals surface area contributed by atoms with Crippen LogP contribution in [0, 0.1) is 11.8 Å². The molecule has 5 nitrogen and oxygen atoms in total. The van der Waals surface area contributed by atoms with E-state index in [1.165, 1.54) is 32.1 Å². The number of nitrogens with one attached hydrogen (secondary N) is 2. The Bertz CT molecular complexity index is 415. The van der Waals surface area contributed by atoms with Crippen molar-refractivity contribution in [2.24, 2.45) is 11.8 Å². The van der Waals surface area contributed by atoms with Gasteiger partial charge in [0.25, 0.3) is 0 Å². The first-order chi connectivity index (χ1) is 10.9. The van der Waals surface area contributed by atoms with Crippen LogP contribution in [-0.2, 0) is 9.47 Å². The van der Waals surface area contributed by atoms with Gasteiger partial charge in [0, 0.05) is 12.5 Å². The molecule has 4 unspecified atom stereocenters. The minimum atomic E-state index is -0.454. The molecular formula is C18H32N2O3. The van der Waals surface area contributed by atoms with Crippen molar-refractivity contribution in [1.82, 2.24) is 10.6 Å². The Morgan fingerprint density at radius 3 is 2.57 bits per heavy atom. The molecule has 1 aliphatic heterocycles. The van der Waals surface area contributed by atoms with Crippen LogP contribution < -0.4 is 10.6 Å². The smallest absolute Gasteiger partial charge is 0.407 e. The van der Waals surface area contributed by atoms with Gasteiger partial charge in [-0.15, -0.1) is 0 Å². The zero-order valence-electron chi connectivity index (χ0n) is 14.8. The van der Waals surface area contributed by atoms with Gasteiger partial charge in [-0.3, -0.25) is 0 Å². The third-order valence-electron chi connectivity index (χ3n) is 5.44. The third-order valence-corrected chi connectivity index (χ3v) is 5.44. The number of carbonyl (C=O) groups is 1. The average molecular weight is 324 g/mol. The van der Waals surface area contributed by atoms with Crippen LogP contribution in [0.1, 0.15) is 59.3 Å². The van der Waals surface area contributed by atoms with E-state index in [0.29, 0.717) is 5.92 Å². The first kappa shape index (κ1) is 17.0. The van der Waals surface area contributed by atoms with E-state index < -0.39 is 5.60 Å². The number of fused-ring (bicyclic) bond motifs is 1. The van der Waals surface area contributed by atoms with E-state index in [1.807, 2.05) is 20.8 Å². The van der Waals surface area contributed by atoms with Gasteiger partial charge in [0.05, 0.1) is 18.2 Å². The van der Waals surface area contributed by atoms with Crippen LogP contribution in [0.25, 0.3) is 0 Å². The molecule has 0 aromatic rings. The SMILES string of the molecule is CC(C)(C)OC(=O)NC1C2CCOC2C1NCC1CCCCC1. The van der Waals surface area contributed by atoms with Gasteiger partial charge in [0.1, 0.15) is 5.60 Å². The highest BCUT2D eigenvalue weighted by Gasteiger charge is 2.54. The van der Waals surface area contributed by atoms with Crippen molar-refractivity contribution in [3.05, 3.63) is 0 Å². The van der Waals surface area contributed by atoms with Crippen LogP contribution in [-0.4, -0.2) is 43.0 Å². The highest BCUT2D eigenvalue weighted by atomic mass is 16.6. The Balaban J connectivity index is 1.51. The maximum absolute atomic E-state index is 12.1. The van der Waals surface area contributed by atoms with E-state index in [1.54, 1.807) is 0 Å². The minimum absolute atomic E-state index is 0.140. The molecule has 4 atom stereocenters. The molecule has 2 saturated carbocycles. The standard InChI is InChI=1S/C18H32N2O3/c1-18(2,3)23-17(21)20-14-13-9-10-22-16(13)15(14)19-11-12-7-5-4-6-8-12/h12-16,19H,4-11H2,1-3H3,(H,20,21). The lowest BCUT2D eigenvalue weighted by atomic mass is 9.71. The quantitative estimate of drug-likeness (QED) is 0.835. The van der Waals surface area contributed by atoms with E-state index in [-0.39, 0.29) is 24.3 Å². The topological polar surface area (TPSA) is 59.6 Å². The normalized spacial score (nSPS) is 34.6. The van der Waals surface area contributed by atoms with Crippen molar-refractivity contribution >= 4 is 6.09 Å². The Morgan fingerprint density at radius 2 is 1.87 bits per heavy atom. The fourth-order valence-electron chi connectivity index (χ4n) is 4.28. The van der Waals surface area contributed by atoms with Gasteiger partial charge in [0.15, 0.2) is 0 Å². The van der Waals surface area contributed by atoms with Crippen molar-refractivity contribution in [3.63, 3.8) is 0 Å². The molecular weight excluding hydrogens is 292 g/mol. The monoisotopic (exact) mass is 324 g/mol. The molecule has 1 saturated heterocycles. The van der Waals surface area contributed by atoms with Crippen molar-refractivity contribution in [1.29, 1.82) is 0 Å². The lowest BCUT2D eigenvalue weighted by molar-refractivity contribution is -0.0352. The van der Waals surface area contributed by atoms with E-state index in [4.69, 9.17) is 9.47 Å². The van der Waals surface area contributed by atoms with Gasteiger partial charge in [-0.05, 0) is 52.5 Å². The number of ether oxygens (including phenoxy) is 2. The lowest BCUT2D eigenvalue weighted by Gasteiger charge is -2.48. The van der Waals surface area contributed by atoms with Gasteiger partial charge < -0.3 is 20.1 Å². The molecule has 1 heterocycles. The molecule has 0 radical (unpaired) electrons. The Labute approximate surface area is 139 Å². The summed E-state index contributed by atoms with van der Waals surface area (Å²) in [6.07, 6.45) is 7.76. The van der Waals surface area contributed by atoms with E-state index in [0.717, 1.165) is 25.5 Å². The number of hydrogen-bond donors (Lipinski definition) is 2. The first-order valence-electron chi connectivity index (χ1n) is 9.28. The van der Waals surface area contributed by atoms with E-state index in [9.17, 15) is 4.79 Å². The molecule has 3 aliphatic rings. The Hall–Kier alpha value is -0.810. The molecule has 3 fully saturated rings. The second-order valence-corrected chi connectivity index (χ2v) is 8.40. The number of hydrogen-bond acceptors (Lipinski definition) is 4. The highest BCUT2D eigenvalue weighted by molar-refractivity contribution is 5.68. The Morgan fingerprint density at radius 1 is 1.13 bits per heavy atom. The minimum Gasteiger partial charge on any atom is -0.444 e. The molecule has 5 heteroatoms. The summed E-state index contributed by atoms with van der Waals surface area (Å²) in [6.45, 7) is 7.54. The largest absolute Gasteiger partial charge is 0.444 e. The van der Waals surface area contributed by atoms with Crippen LogP contribution in [0.3, 0.4) is 0 Å². The van der Waals surface area contributed by atoms with Crippen LogP contribution in [0.15, 0.2) is 0 Å². The van der Waals surface area contributed by atoms with Gasteiger partial charge >= 0.3 is 6.09 Å². The molecule has 1 amide bonds. The molecule has 0 aromatic carbocycles. The van der Waals surface area contributed by atoms with E-state index >= 15 is 0 Å². The summed E-state index contributed by atoms with van der Waals surface area (Å²) in [5.41, 5.74) is -0.454. The van der Waals surface area contributed by atoms with Gasteiger partial charge in [0.2, 0.25) is 0 Å². The van der Waals surface area contributed by atoms with E-state index in [2.05, 4.69) is 10.6 Å². The summed E-state index contributed by atoms with van der Waals surface area (Å²) in [6, 6.07) is 0.373. The molecule has 0 spiro atoms. The van der Waals surface area contributed by atoms with Gasteiger partial charge in [-0.2, -0.15) is 0 Å². The molecule has 132 valence electrons. The number of alkyl carbamates (subject to hydrolysis) is 1. The number of amides is 1. The summed E-state index contributed by atoms with van der Waals surface area (Å²) >= 11 is 0. The van der Waals surface area contributed by atoms with Crippen LogP contribution in [0.2, 0.25) is 0 Å². The van der Waals surface area contributed by atoms with Gasteiger partial charge in [-0.1, -0.05) is 19.3 Å². The molecule has 0 bridgehead atoms. The summed E-state index contributed by atoms with van der Waals surface area (Å²) in [5.74, 6) is 1.22. The van der Waals surface area contributed by atoms with Gasteiger partial charge in [-0.25, -0.2) is 4.79 Å². The Kier molecular flexibility index (Phi) is 5.16. The summed E-state index contributed by atoms with van der Waals surface area (Å²) in [5, 5.41) is 6.76. The second-order valence-electron chi connectivity index (χ2n) is 8.40. The number of carbonyl (C=O) groups excluding carboxylic acids is 1. The van der Waals surface area contributed by atoms with Crippen molar-refractivity contribution < 1.29 is 14.3 Å². The zero-order chi connectivity index (χ0) is 16.4. The van der Waals surface area contributed by atoms with Crippen molar-refractivity contribution in [2.75, 3.05) is 13.2 Å². The van der Waals surface area contributed by atoms with Crippen molar-refractivity contribution in [3.8, 4) is 0 Å². The maximum atomic E-state index is 12.1. The first-order valence-corrected chi connectivity index (χ1v) is 9.28. The zero-order valence-corrected chi connectivity index (χ0v) is 14.8. The molecule has 2 aliphatic carbocycles. The molecule has 23 heavy (non-hydrogen) atoms. The summed E-state index contributed by atoms with van der Waals surface area (Å²) in [7, 11) is 0. The highest BCUT2D eigenvalue weighted by Crippen LogP contribution is 2.39. The predicted molar refractivity (Wildman–Crippen MR) is 89.4 cm³/mol. The molecule has 2 N–H and O–H groups in total. The molecule has 3 rings (SSSR count). The van der Waals surface area contributed by atoms with Crippen LogP contribution in [0.5, 0.6) is 0 Å². The fourth-order valence-corrected chi connectivity index (χ4v) is 4.28. The summed E-state index contributed by atoms with van der Waals surface area (Å²) in [4.78, 5) is 12.1. The predicted octanol–water partition coefficient (Wildman–Crippen LogP) is 2.84.